The molecule has 5 nitrogen and oxygen atoms in total. The van der Waals surface area contributed by atoms with Gasteiger partial charge in [-0.3, -0.25) is 4.79 Å². The summed E-state index contributed by atoms with van der Waals surface area (Å²) in [5, 5.41) is 3.37. The predicted molar refractivity (Wildman–Crippen MR) is 128 cm³/mol. The number of carbonyl (C=O) groups excluding carboxylic acids is 1. The molecule has 32 heavy (non-hydrogen) atoms. The van der Waals surface area contributed by atoms with Crippen LogP contribution in [0.25, 0.3) is 10.9 Å². The number of amides is 1. The molecule has 0 fully saturated rings. The first kappa shape index (κ1) is 21.7. The Morgan fingerprint density at radius 3 is 2.31 bits per heavy atom. The fourth-order valence-electron chi connectivity index (χ4n) is 4.25. The maximum atomic E-state index is 13.0. The number of nitrogens with one attached hydrogen (secondary N) is 1. The number of benzene rings is 3. The molecule has 1 heterocycles. The van der Waals surface area contributed by atoms with Crippen molar-refractivity contribution in [3.63, 3.8) is 0 Å². The largest absolute Gasteiger partial charge is 0.497 e. The highest BCUT2D eigenvalue weighted by Crippen LogP contribution is 2.31. The summed E-state index contributed by atoms with van der Waals surface area (Å²) in [7, 11) is 5.30. The van der Waals surface area contributed by atoms with Gasteiger partial charge in [-0.05, 0) is 29.3 Å². The van der Waals surface area contributed by atoms with Crippen LogP contribution >= 0.6 is 0 Å². The minimum atomic E-state index is -0.294. The number of carbonyl (C=O) groups is 1. The summed E-state index contributed by atoms with van der Waals surface area (Å²) < 4.78 is 5.36. The standard InChI is InChI=1S/C27H29N3O2/c1-30(2)27(31)26(20-9-5-4-6-10-20)29-17-23(19-13-15-21(32-3)16-14-19)24-18-28-25-12-8-7-11-22(24)25/h4-16,18,23,26,28-29H,17H2,1-3H3/p+1/t23-,26+/m0/s1. The van der Waals surface area contributed by atoms with E-state index in [0.29, 0.717) is 0 Å². The Kier molecular flexibility index (Phi) is 6.57. The molecule has 0 bridgehead atoms. The van der Waals surface area contributed by atoms with Gasteiger partial charge in [-0.2, -0.15) is 0 Å². The van der Waals surface area contributed by atoms with E-state index >= 15 is 0 Å². The molecule has 4 rings (SSSR count). The zero-order valence-electron chi connectivity index (χ0n) is 18.8. The van der Waals surface area contributed by atoms with Crippen molar-refractivity contribution in [2.75, 3.05) is 27.7 Å². The number of quaternary nitrogens is 1. The van der Waals surface area contributed by atoms with Crippen LogP contribution < -0.4 is 10.1 Å². The van der Waals surface area contributed by atoms with Gasteiger partial charge < -0.3 is 19.9 Å². The van der Waals surface area contributed by atoms with Crippen molar-refractivity contribution in [2.24, 2.45) is 0 Å². The average molecular weight is 429 g/mol. The second kappa shape index (κ2) is 9.71. The predicted octanol–water partition coefficient (Wildman–Crippen LogP) is 3.70. The Balaban J connectivity index is 1.70. The van der Waals surface area contributed by atoms with Crippen LogP contribution in [-0.2, 0) is 4.79 Å². The second-order valence-corrected chi connectivity index (χ2v) is 8.21. The monoisotopic (exact) mass is 428 g/mol. The van der Waals surface area contributed by atoms with Gasteiger partial charge in [0.2, 0.25) is 0 Å². The SMILES string of the molecule is COc1ccc([C@H](C[NH2+][C@@H](C(=O)N(C)C)c2ccccc2)c2c[nH]c3ccccc23)cc1. The van der Waals surface area contributed by atoms with Gasteiger partial charge in [0.25, 0.3) is 5.91 Å². The van der Waals surface area contributed by atoms with E-state index in [1.807, 2.05) is 62.6 Å². The zero-order valence-corrected chi connectivity index (χ0v) is 18.8. The van der Waals surface area contributed by atoms with E-state index < -0.39 is 0 Å². The third kappa shape index (κ3) is 4.53. The molecule has 0 saturated heterocycles. The lowest BCUT2D eigenvalue weighted by atomic mass is 9.90. The quantitative estimate of drug-likeness (QED) is 0.450. The molecular formula is C27H30N3O2+. The molecule has 0 spiro atoms. The molecule has 3 N–H and O–H groups in total. The van der Waals surface area contributed by atoms with E-state index in [0.717, 1.165) is 23.4 Å². The van der Waals surface area contributed by atoms with Crippen LogP contribution in [0.2, 0.25) is 0 Å². The molecule has 4 aromatic rings. The second-order valence-electron chi connectivity index (χ2n) is 8.21. The van der Waals surface area contributed by atoms with Crippen molar-refractivity contribution in [2.45, 2.75) is 12.0 Å². The van der Waals surface area contributed by atoms with Crippen LogP contribution in [0.15, 0.2) is 85.1 Å². The third-order valence-electron chi connectivity index (χ3n) is 5.99. The van der Waals surface area contributed by atoms with Crippen LogP contribution in [0.1, 0.15) is 28.7 Å². The van der Waals surface area contributed by atoms with Gasteiger partial charge in [-0.25, -0.2) is 0 Å². The van der Waals surface area contributed by atoms with Crippen molar-refractivity contribution < 1.29 is 14.8 Å². The van der Waals surface area contributed by atoms with E-state index in [1.54, 1.807) is 12.0 Å². The number of nitrogens with two attached hydrogens (primary N) is 1. The number of hydrogen-bond acceptors (Lipinski definition) is 2. The van der Waals surface area contributed by atoms with Crippen LogP contribution in [-0.4, -0.2) is 43.5 Å². The minimum Gasteiger partial charge on any atom is -0.497 e. The van der Waals surface area contributed by atoms with Crippen LogP contribution in [0.5, 0.6) is 5.75 Å². The van der Waals surface area contributed by atoms with Gasteiger partial charge >= 0.3 is 0 Å². The number of ether oxygens (including phenoxy) is 1. The maximum Gasteiger partial charge on any atom is 0.285 e. The normalized spacial score (nSPS) is 13.0. The molecule has 2 atom stereocenters. The number of para-hydroxylation sites is 1. The molecule has 0 saturated carbocycles. The van der Waals surface area contributed by atoms with Crippen molar-refractivity contribution in [1.29, 1.82) is 0 Å². The van der Waals surface area contributed by atoms with Gasteiger partial charge in [0.15, 0.2) is 6.04 Å². The number of aromatic amines is 1. The maximum absolute atomic E-state index is 13.0. The molecule has 5 heteroatoms. The highest BCUT2D eigenvalue weighted by atomic mass is 16.5. The molecule has 1 aromatic heterocycles. The summed E-state index contributed by atoms with van der Waals surface area (Å²) >= 11 is 0. The summed E-state index contributed by atoms with van der Waals surface area (Å²) in [5.74, 6) is 1.03. The van der Waals surface area contributed by atoms with Crippen molar-refractivity contribution in [1.82, 2.24) is 9.88 Å². The van der Waals surface area contributed by atoms with E-state index in [9.17, 15) is 4.79 Å². The summed E-state index contributed by atoms with van der Waals surface area (Å²) in [4.78, 5) is 18.1. The first-order valence-corrected chi connectivity index (χ1v) is 10.9. The Morgan fingerprint density at radius 1 is 0.938 bits per heavy atom. The molecule has 0 aliphatic rings. The molecule has 164 valence electrons. The van der Waals surface area contributed by atoms with E-state index in [1.165, 1.54) is 16.5 Å². The van der Waals surface area contributed by atoms with Crippen LogP contribution in [0.3, 0.4) is 0 Å². The number of likely N-dealkylation sites (N-methyl/N-ethyl adjacent to an activating group) is 1. The number of aromatic nitrogens is 1. The minimum absolute atomic E-state index is 0.0867. The smallest absolute Gasteiger partial charge is 0.285 e. The number of methoxy groups -OCH3 is 1. The molecule has 0 aliphatic heterocycles. The van der Waals surface area contributed by atoms with Crippen LogP contribution in [0.4, 0.5) is 0 Å². The van der Waals surface area contributed by atoms with Crippen molar-refractivity contribution in [3.05, 3.63) is 102 Å². The molecule has 0 aliphatic carbocycles. The van der Waals surface area contributed by atoms with Gasteiger partial charge in [-0.1, -0.05) is 60.7 Å². The number of nitrogens with zero attached hydrogens (tertiary/aromatic N) is 1. The highest BCUT2D eigenvalue weighted by molar-refractivity contribution is 5.84. The Morgan fingerprint density at radius 2 is 1.62 bits per heavy atom. The first-order chi connectivity index (χ1) is 15.6. The van der Waals surface area contributed by atoms with E-state index in [-0.39, 0.29) is 17.9 Å². The molecule has 0 radical (unpaired) electrons. The summed E-state index contributed by atoms with van der Waals surface area (Å²) in [5.41, 5.74) is 4.55. The number of H-pyrrole nitrogens is 1. The number of hydrogen-bond donors (Lipinski definition) is 2. The van der Waals surface area contributed by atoms with E-state index in [4.69, 9.17) is 4.74 Å². The van der Waals surface area contributed by atoms with Gasteiger partial charge in [-0.15, -0.1) is 0 Å². The molecule has 3 aromatic carbocycles. The summed E-state index contributed by atoms with van der Waals surface area (Å²) in [6, 6.07) is 26.3. The Labute approximate surface area is 189 Å². The molecule has 0 unspecified atom stereocenters. The third-order valence-corrected chi connectivity index (χ3v) is 5.99. The number of fused-ring (bicyclic) bond motifs is 1. The lowest BCUT2D eigenvalue weighted by molar-refractivity contribution is -0.684. The number of rotatable bonds is 8. The Hall–Kier alpha value is -3.57. The first-order valence-electron chi connectivity index (χ1n) is 10.9. The van der Waals surface area contributed by atoms with Crippen molar-refractivity contribution >= 4 is 16.8 Å². The topological polar surface area (TPSA) is 61.9 Å². The summed E-state index contributed by atoms with van der Waals surface area (Å²) in [6.07, 6.45) is 2.10. The molecule has 1 amide bonds. The average Bonchev–Trinajstić information content (AvgIpc) is 3.26. The fraction of sp³-hybridized carbons (Fsp3) is 0.222. The zero-order chi connectivity index (χ0) is 22.5. The Bertz CT molecular complexity index is 1170. The molecular weight excluding hydrogens is 398 g/mol. The van der Waals surface area contributed by atoms with Crippen molar-refractivity contribution in [3.8, 4) is 5.75 Å². The lowest BCUT2D eigenvalue weighted by Gasteiger charge is -2.23. The summed E-state index contributed by atoms with van der Waals surface area (Å²) in [6.45, 7) is 0.729. The highest BCUT2D eigenvalue weighted by Gasteiger charge is 2.28. The van der Waals surface area contributed by atoms with Gasteiger partial charge in [0.05, 0.1) is 19.6 Å². The fourth-order valence-corrected chi connectivity index (χ4v) is 4.25. The van der Waals surface area contributed by atoms with Gasteiger partial charge in [0, 0.05) is 36.8 Å². The van der Waals surface area contributed by atoms with Crippen LogP contribution in [0, 0.1) is 0 Å². The lowest BCUT2D eigenvalue weighted by Crippen LogP contribution is -2.88. The van der Waals surface area contributed by atoms with E-state index in [2.05, 4.69) is 46.8 Å². The van der Waals surface area contributed by atoms with Gasteiger partial charge in [0.1, 0.15) is 5.75 Å².